The number of fused-ring (bicyclic) bond motifs is 2. The molecule has 0 bridgehead atoms. The fourth-order valence-corrected chi connectivity index (χ4v) is 5.30. The Morgan fingerprint density at radius 3 is 3.00 bits per heavy atom. The van der Waals surface area contributed by atoms with Crippen molar-refractivity contribution >= 4 is 30.8 Å². The van der Waals surface area contributed by atoms with Gasteiger partial charge in [0.15, 0.2) is 23.1 Å². The molecule has 0 spiro atoms. The van der Waals surface area contributed by atoms with Crippen LogP contribution in [0, 0.1) is 0 Å². The van der Waals surface area contributed by atoms with Crippen molar-refractivity contribution in [2.45, 2.75) is 50.9 Å². The maximum atomic E-state index is 16.0. The molecule has 4 N–H and O–H groups in total. The van der Waals surface area contributed by atoms with Crippen LogP contribution in [0.5, 0.6) is 5.88 Å². The molecule has 170 valence electrons. The number of hydrogen-bond acceptors (Lipinski definition) is 10. The quantitative estimate of drug-likeness (QED) is 0.523. The number of halogens is 1. The zero-order chi connectivity index (χ0) is 22.6. The topological polar surface area (TPSA) is 173 Å². The molecular formula is C16H22FN6O7P. The number of rotatable bonds is 6. The van der Waals surface area contributed by atoms with E-state index in [9.17, 15) is 9.36 Å². The zero-order valence-corrected chi connectivity index (χ0v) is 17.8. The van der Waals surface area contributed by atoms with Gasteiger partial charge in [0, 0.05) is 0 Å². The third-order valence-corrected chi connectivity index (χ3v) is 6.70. The number of hydrogen-bond donors (Lipinski definition) is 3. The van der Waals surface area contributed by atoms with Crippen molar-refractivity contribution < 1.29 is 37.4 Å². The van der Waals surface area contributed by atoms with Crippen LogP contribution in [-0.2, 0) is 23.1 Å². The van der Waals surface area contributed by atoms with Crippen molar-refractivity contribution in [2.24, 2.45) is 0 Å². The maximum Gasteiger partial charge on any atom is 0.406 e. The monoisotopic (exact) mass is 460 g/mol. The molecule has 2 aliphatic rings. The number of ether oxygens (including phenoxy) is 2. The van der Waals surface area contributed by atoms with E-state index in [0.717, 1.165) is 0 Å². The molecule has 2 saturated heterocycles. The van der Waals surface area contributed by atoms with Gasteiger partial charge in [0.2, 0.25) is 11.8 Å². The number of aromatic nitrogens is 4. The van der Waals surface area contributed by atoms with E-state index >= 15 is 4.39 Å². The van der Waals surface area contributed by atoms with E-state index in [1.54, 1.807) is 6.92 Å². The van der Waals surface area contributed by atoms with Crippen molar-refractivity contribution in [3.05, 3.63) is 6.33 Å². The molecule has 2 aromatic heterocycles. The first-order valence-corrected chi connectivity index (χ1v) is 11.0. The number of carboxylic acids is 1. The molecule has 4 heterocycles. The fourth-order valence-electron chi connectivity index (χ4n) is 3.54. The van der Waals surface area contributed by atoms with Gasteiger partial charge in [-0.25, -0.2) is 19.0 Å². The van der Waals surface area contributed by atoms with Crippen molar-refractivity contribution in [1.29, 1.82) is 0 Å². The third-order valence-electron chi connectivity index (χ3n) is 5.00. The summed E-state index contributed by atoms with van der Waals surface area (Å²) in [4.78, 5) is 23.4. The molecule has 31 heavy (non-hydrogen) atoms. The lowest BCUT2D eigenvalue weighted by Gasteiger charge is -2.35. The van der Waals surface area contributed by atoms with Crippen molar-refractivity contribution in [2.75, 3.05) is 18.9 Å². The van der Waals surface area contributed by atoms with Crippen LogP contribution in [-0.4, -0.2) is 67.7 Å². The lowest BCUT2D eigenvalue weighted by atomic mass is 9.98. The van der Waals surface area contributed by atoms with Crippen molar-refractivity contribution in [3.63, 3.8) is 0 Å². The summed E-state index contributed by atoms with van der Waals surface area (Å²) in [7, 11) is -4.09. The summed E-state index contributed by atoms with van der Waals surface area (Å²) < 4.78 is 52.0. The van der Waals surface area contributed by atoms with Gasteiger partial charge in [0.25, 0.3) is 0 Å². The van der Waals surface area contributed by atoms with Gasteiger partial charge in [0.1, 0.15) is 18.2 Å². The van der Waals surface area contributed by atoms with Crippen molar-refractivity contribution in [1.82, 2.24) is 24.6 Å². The minimum atomic E-state index is -4.09. The molecule has 13 nitrogen and oxygen atoms in total. The van der Waals surface area contributed by atoms with E-state index in [1.807, 2.05) is 0 Å². The highest BCUT2D eigenvalue weighted by molar-refractivity contribution is 7.51. The number of aliphatic carboxylic acids is 1. The summed E-state index contributed by atoms with van der Waals surface area (Å²) in [5.74, 6) is -1.21. The van der Waals surface area contributed by atoms with Crippen LogP contribution in [0.15, 0.2) is 6.33 Å². The second-order valence-electron chi connectivity index (χ2n) is 7.33. The summed E-state index contributed by atoms with van der Waals surface area (Å²) in [6.07, 6.45) is -2.18. The SMILES string of the molecule is CCOc1nc(N)nc2c1ncn2[C@@H]1O[C@@H]2CO[P@@](=O)(NC(C)C(=O)O)O[C@H]2[C@@]1(C)F. The van der Waals surface area contributed by atoms with Crippen LogP contribution >= 0.6 is 7.75 Å². The average Bonchev–Trinajstić information content (AvgIpc) is 3.20. The molecule has 2 fully saturated rings. The summed E-state index contributed by atoms with van der Waals surface area (Å²) in [6, 6.07) is -1.24. The molecule has 2 aliphatic heterocycles. The molecule has 4 rings (SSSR count). The Kier molecular flexibility index (Phi) is 5.38. The van der Waals surface area contributed by atoms with Crippen molar-refractivity contribution in [3.8, 4) is 5.88 Å². The van der Waals surface area contributed by atoms with Gasteiger partial charge in [-0.05, 0) is 20.8 Å². The highest BCUT2D eigenvalue weighted by atomic mass is 31.2. The number of alkyl halides is 1. The lowest BCUT2D eigenvalue weighted by molar-refractivity contribution is -0.138. The Labute approximate surface area is 175 Å². The largest absolute Gasteiger partial charge is 0.480 e. The average molecular weight is 460 g/mol. The van der Waals surface area contributed by atoms with Crippen LogP contribution in [0.2, 0.25) is 0 Å². The molecular weight excluding hydrogens is 438 g/mol. The fraction of sp³-hybridized carbons (Fsp3) is 0.625. The summed E-state index contributed by atoms with van der Waals surface area (Å²) in [5.41, 5.74) is 4.00. The van der Waals surface area contributed by atoms with E-state index in [4.69, 9.17) is 29.4 Å². The molecule has 1 unspecified atom stereocenters. The Morgan fingerprint density at radius 2 is 2.32 bits per heavy atom. The van der Waals surface area contributed by atoms with E-state index in [-0.39, 0.29) is 29.6 Å². The normalized spacial score (nSPS) is 33.9. The second-order valence-corrected chi connectivity index (χ2v) is 9.05. The van der Waals surface area contributed by atoms with Gasteiger partial charge < -0.3 is 20.3 Å². The summed E-state index contributed by atoms with van der Waals surface area (Å²) in [5, 5.41) is 11.3. The highest BCUT2D eigenvalue weighted by Crippen LogP contribution is 2.57. The highest BCUT2D eigenvalue weighted by Gasteiger charge is 2.61. The van der Waals surface area contributed by atoms with Gasteiger partial charge >= 0.3 is 13.7 Å². The molecule has 0 radical (unpaired) electrons. The number of carbonyl (C=O) groups is 1. The standard InChI is InChI=1S/C16H22FN6O7P/c1-4-27-12-9-11(20-15(18)21-12)23(6-19-9)14-16(3,17)10-8(29-14)5-28-31(26,30-10)22-7(2)13(24)25/h6-8,10,14H,4-5H2,1-3H3,(H,22,26)(H,24,25)(H2,18,20,21)/t7?,8-,10-,14-,16-,31+/m1/s1. The number of nitrogens with one attached hydrogen (secondary N) is 1. The second kappa shape index (κ2) is 7.64. The summed E-state index contributed by atoms with van der Waals surface area (Å²) >= 11 is 0. The molecule has 6 atom stereocenters. The number of nitrogens with two attached hydrogens (primary N) is 1. The van der Waals surface area contributed by atoms with Crippen LogP contribution in [0.1, 0.15) is 27.0 Å². The number of carboxylic acid groups (broad SMARTS) is 1. The van der Waals surface area contributed by atoms with Gasteiger partial charge in [-0.3, -0.25) is 18.4 Å². The molecule has 0 saturated carbocycles. The molecule has 15 heteroatoms. The number of nitrogen functional groups attached to an aromatic ring is 1. The third kappa shape index (κ3) is 3.74. The Balaban J connectivity index is 1.66. The van der Waals surface area contributed by atoms with E-state index in [0.29, 0.717) is 6.61 Å². The zero-order valence-electron chi connectivity index (χ0n) is 16.9. The Morgan fingerprint density at radius 1 is 1.58 bits per heavy atom. The predicted molar refractivity (Wildman–Crippen MR) is 103 cm³/mol. The van der Waals surface area contributed by atoms with Gasteiger partial charge in [-0.1, -0.05) is 0 Å². The van der Waals surface area contributed by atoms with Crippen LogP contribution in [0.25, 0.3) is 11.2 Å². The Bertz CT molecular complexity index is 1060. The maximum absolute atomic E-state index is 16.0. The first kappa shape index (κ1) is 21.8. The number of imidazole rings is 1. The van der Waals surface area contributed by atoms with E-state index in [1.165, 1.54) is 24.7 Å². The molecule has 0 aliphatic carbocycles. The molecule has 0 aromatic carbocycles. The molecule has 0 amide bonds. The van der Waals surface area contributed by atoms with Gasteiger partial charge in [-0.2, -0.15) is 9.97 Å². The first-order chi connectivity index (χ1) is 14.6. The van der Waals surface area contributed by atoms with Gasteiger partial charge in [-0.15, -0.1) is 0 Å². The van der Waals surface area contributed by atoms with E-state index in [2.05, 4.69) is 20.0 Å². The first-order valence-electron chi connectivity index (χ1n) is 9.46. The van der Waals surface area contributed by atoms with Crippen LogP contribution in [0.4, 0.5) is 10.3 Å². The lowest BCUT2D eigenvalue weighted by Crippen LogP contribution is -2.47. The number of anilines is 1. The minimum absolute atomic E-state index is 0.0929. The minimum Gasteiger partial charge on any atom is -0.480 e. The van der Waals surface area contributed by atoms with Gasteiger partial charge in [0.05, 0.1) is 19.5 Å². The molecule has 2 aromatic rings. The number of nitrogens with zero attached hydrogens (tertiary/aromatic N) is 4. The predicted octanol–water partition coefficient (Wildman–Crippen LogP) is 1.02. The summed E-state index contributed by atoms with van der Waals surface area (Å²) in [6.45, 7) is 4.29. The van der Waals surface area contributed by atoms with Crippen LogP contribution in [0.3, 0.4) is 0 Å². The smallest absolute Gasteiger partial charge is 0.406 e. The Hall–Kier alpha value is -2.38. The van der Waals surface area contributed by atoms with E-state index < -0.39 is 43.9 Å². The van der Waals surface area contributed by atoms with Crippen LogP contribution < -0.4 is 15.6 Å².